The molecule has 98 valence electrons. The Morgan fingerprint density at radius 2 is 1.95 bits per heavy atom. The van der Waals surface area contributed by atoms with Gasteiger partial charge in [0.1, 0.15) is 22.9 Å². The first-order valence-electron chi connectivity index (χ1n) is 5.38. The largest absolute Gasteiger partial charge is 0.507 e. The molecule has 0 aliphatic carbocycles. The van der Waals surface area contributed by atoms with Crippen LogP contribution in [-0.2, 0) is 0 Å². The number of ether oxygens (including phenoxy) is 1. The second-order valence-electron chi connectivity index (χ2n) is 3.86. The molecule has 0 radical (unpaired) electrons. The van der Waals surface area contributed by atoms with Crippen molar-refractivity contribution in [2.24, 2.45) is 5.73 Å². The summed E-state index contributed by atoms with van der Waals surface area (Å²) in [6.45, 7) is 0. The lowest BCUT2D eigenvalue weighted by Crippen LogP contribution is -2.12. The van der Waals surface area contributed by atoms with E-state index in [0.717, 1.165) is 6.07 Å². The molecule has 0 unspecified atom stereocenters. The smallest absolute Gasteiger partial charge is 0.167 e. The Kier molecular flexibility index (Phi) is 3.24. The van der Waals surface area contributed by atoms with Crippen molar-refractivity contribution in [3.05, 3.63) is 47.8 Å². The van der Waals surface area contributed by atoms with E-state index in [0.29, 0.717) is 0 Å². The first-order valence-corrected chi connectivity index (χ1v) is 5.38. The number of phenols is 1. The molecule has 19 heavy (non-hydrogen) atoms. The van der Waals surface area contributed by atoms with E-state index >= 15 is 0 Å². The molecule has 0 aliphatic heterocycles. The third-order valence-corrected chi connectivity index (χ3v) is 2.45. The number of anilines is 1. The van der Waals surface area contributed by atoms with Crippen LogP contribution in [-0.4, -0.2) is 10.9 Å². The maximum Gasteiger partial charge on any atom is 0.167 e. The van der Waals surface area contributed by atoms with E-state index in [1.165, 1.54) is 30.3 Å². The van der Waals surface area contributed by atoms with Crippen LogP contribution in [0, 0.1) is 11.2 Å². The molecule has 6 N–H and O–H groups in total. The third-order valence-electron chi connectivity index (χ3n) is 2.45. The molecule has 0 spiro atoms. The molecule has 0 saturated carbocycles. The molecule has 2 aromatic rings. The van der Waals surface area contributed by atoms with Crippen molar-refractivity contribution in [2.45, 2.75) is 0 Å². The second kappa shape index (κ2) is 4.85. The third kappa shape index (κ3) is 2.57. The maximum absolute atomic E-state index is 13.6. The average Bonchev–Trinajstić information content (AvgIpc) is 2.32. The summed E-state index contributed by atoms with van der Waals surface area (Å²) in [4.78, 5) is 0. The van der Waals surface area contributed by atoms with E-state index in [1.807, 2.05) is 0 Å². The minimum Gasteiger partial charge on any atom is -0.507 e. The summed E-state index contributed by atoms with van der Waals surface area (Å²) in [5.74, 6) is -1.19. The molecule has 0 aliphatic rings. The molecular weight excluding hydrogens is 249 g/mol. The van der Waals surface area contributed by atoms with Gasteiger partial charge in [0.25, 0.3) is 0 Å². The van der Waals surface area contributed by atoms with E-state index < -0.39 is 5.82 Å². The lowest BCUT2D eigenvalue weighted by atomic mass is 10.1. The predicted octanol–water partition coefficient (Wildman–Crippen LogP) is 2.19. The van der Waals surface area contributed by atoms with Gasteiger partial charge in [-0.25, -0.2) is 4.39 Å². The first kappa shape index (κ1) is 12.7. The molecule has 0 amide bonds. The van der Waals surface area contributed by atoms with Crippen LogP contribution in [0.1, 0.15) is 5.56 Å². The molecule has 0 saturated heterocycles. The Hall–Kier alpha value is -2.76. The van der Waals surface area contributed by atoms with Crippen molar-refractivity contribution >= 4 is 11.5 Å². The van der Waals surface area contributed by atoms with E-state index in [4.69, 9.17) is 21.6 Å². The molecule has 0 atom stereocenters. The summed E-state index contributed by atoms with van der Waals surface area (Å²) < 4.78 is 18.9. The highest BCUT2D eigenvalue weighted by atomic mass is 19.1. The van der Waals surface area contributed by atoms with Crippen molar-refractivity contribution in [3.63, 3.8) is 0 Å². The van der Waals surface area contributed by atoms with Crippen LogP contribution in [0.4, 0.5) is 10.1 Å². The second-order valence-corrected chi connectivity index (χ2v) is 3.86. The maximum atomic E-state index is 13.6. The van der Waals surface area contributed by atoms with Gasteiger partial charge in [-0.3, -0.25) is 5.41 Å². The monoisotopic (exact) mass is 261 g/mol. The minimum absolute atomic E-state index is 0.0127. The van der Waals surface area contributed by atoms with Gasteiger partial charge >= 0.3 is 0 Å². The van der Waals surface area contributed by atoms with Crippen LogP contribution in [0.2, 0.25) is 0 Å². The van der Waals surface area contributed by atoms with Crippen LogP contribution in [0.3, 0.4) is 0 Å². The zero-order valence-electron chi connectivity index (χ0n) is 9.85. The van der Waals surface area contributed by atoms with Gasteiger partial charge in [0.15, 0.2) is 11.6 Å². The van der Waals surface area contributed by atoms with Gasteiger partial charge in [-0.2, -0.15) is 0 Å². The van der Waals surface area contributed by atoms with E-state index in [1.54, 1.807) is 0 Å². The van der Waals surface area contributed by atoms with Crippen LogP contribution in [0.15, 0.2) is 36.4 Å². The Balaban J connectivity index is 2.44. The normalized spacial score (nSPS) is 10.2. The van der Waals surface area contributed by atoms with Gasteiger partial charge in [-0.15, -0.1) is 0 Å². The lowest BCUT2D eigenvalue weighted by Gasteiger charge is -2.12. The number of halogens is 1. The molecule has 0 heterocycles. The summed E-state index contributed by atoms with van der Waals surface area (Å²) >= 11 is 0. The molecular formula is C13H12FN3O2. The van der Waals surface area contributed by atoms with Crippen molar-refractivity contribution < 1.29 is 14.2 Å². The number of amidine groups is 1. The summed E-state index contributed by atoms with van der Waals surface area (Å²) in [7, 11) is 0. The van der Waals surface area contributed by atoms with Crippen molar-refractivity contribution in [1.29, 1.82) is 5.41 Å². The van der Waals surface area contributed by atoms with Gasteiger partial charge in [-0.05, 0) is 24.3 Å². The Bertz CT molecular complexity index is 644. The van der Waals surface area contributed by atoms with Gasteiger partial charge in [0, 0.05) is 11.8 Å². The van der Waals surface area contributed by atoms with Crippen LogP contribution in [0.25, 0.3) is 0 Å². The molecule has 2 aromatic carbocycles. The number of rotatable bonds is 3. The number of benzene rings is 2. The fourth-order valence-corrected chi connectivity index (χ4v) is 1.59. The Morgan fingerprint density at radius 3 is 2.58 bits per heavy atom. The van der Waals surface area contributed by atoms with Crippen molar-refractivity contribution in [2.75, 3.05) is 5.73 Å². The fraction of sp³-hybridized carbons (Fsp3) is 0. The highest BCUT2D eigenvalue weighted by Crippen LogP contribution is 2.32. The predicted molar refractivity (Wildman–Crippen MR) is 70.0 cm³/mol. The van der Waals surface area contributed by atoms with E-state index in [2.05, 4.69) is 0 Å². The highest BCUT2D eigenvalue weighted by Gasteiger charge is 2.14. The molecule has 0 aromatic heterocycles. The van der Waals surface area contributed by atoms with Crippen LogP contribution < -0.4 is 16.2 Å². The van der Waals surface area contributed by atoms with Gasteiger partial charge < -0.3 is 21.3 Å². The minimum atomic E-state index is -0.641. The van der Waals surface area contributed by atoms with Gasteiger partial charge in [0.05, 0.1) is 0 Å². The van der Waals surface area contributed by atoms with Crippen molar-refractivity contribution in [3.8, 4) is 17.2 Å². The van der Waals surface area contributed by atoms with E-state index in [-0.39, 0.29) is 34.3 Å². The molecule has 0 bridgehead atoms. The molecule has 6 heteroatoms. The zero-order valence-corrected chi connectivity index (χ0v) is 9.85. The highest BCUT2D eigenvalue weighted by molar-refractivity contribution is 6.00. The first-order chi connectivity index (χ1) is 8.99. The molecule has 0 fully saturated rings. The van der Waals surface area contributed by atoms with Crippen LogP contribution in [0.5, 0.6) is 17.2 Å². The number of phenolic OH excluding ortho intramolecular Hbond substituents is 1. The number of hydrogen-bond acceptors (Lipinski definition) is 4. The van der Waals surface area contributed by atoms with Crippen molar-refractivity contribution in [1.82, 2.24) is 0 Å². The topological polar surface area (TPSA) is 105 Å². The average molecular weight is 261 g/mol. The Labute approximate surface area is 108 Å². The number of hydrogen-bond donors (Lipinski definition) is 4. The quantitative estimate of drug-likeness (QED) is 0.386. The standard InChI is InChI=1S/C13H12FN3O2/c14-8-6-7(15)4-5-10(8)19-11-3-1-2-9(18)12(11)13(16)17/h1-6,18H,15H2,(H3,16,17). The fourth-order valence-electron chi connectivity index (χ4n) is 1.59. The SMILES string of the molecule is N=C(N)c1c(O)cccc1Oc1ccc(N)cc1F. The van der Waals surface area contributed by atoms with Gasteiger partial charge in [-0.1, -0.05) is 6.07 Å². The summed E-state index contributed by atoms with van der Waals surface area (Å²) in [6.07, 6.45) is 0. The number of nitrogens with one attached hydrogen (secondary N) is 1. The number of aromatic hydroxyl groups is 1. The molecule has 5 nitrogen and oxygen atoms in total. The van der Waals surface area contributed by atoms with E-state index in [9.17, 15) is 9.50 Å². The summed E-state index contributed by atoms with van der Waals surface area (Å²) in [5, 5.41) is 17.0. The number of nitrogens with two attached hydrogens (primary N) is 2. The van der Waals surface area contributed by atoms with Gasteiger partial charge in [0.2, 0.25) is 0 Å². The summed E-state index contributed by atoms with van der Waals surface area (Å²) in [5.41, 5.74) is 11.1. The Morgan fingerprint density at radius 1 is 1.21 bits per heavy atom. The summed E-state index contributed by atoms with van der Waals surface area (Å²) in [6, 6.07) is 8.31. The number of nitrogen functional groups attached to an aromatic ring is 2. The lowest BCUT2D eigenvalue weighted by molar-refractivity contribution is 0.431. The van der Waals surface area contributed by atoms with Crippen LogP contribution >= 0.6 is 0 Å². The molecule has 2 rings (SSSR count). The zero-order chi connectivity index (χ0) is 14.0.